The highest BCUT2D eigenvalue weighted by Gasteiger charge is 2.39. The van der Waals surface area contributed by atoms with Crippen molar-refractivity contribution in [3.05, 3.63) is 84.1 Å². The van der Waals surface area contributed by atoms with Gasteiger partial charge < -0.3 is 0 Å². The summed E-state index contributed by atoms with van der Waals surface area (Å²) in [6, 6.07) is 21.1. The minimum absolute atomic E-state index is 1.07. The number of allylic oxidation sites excluding steroid dienone is 4. The van der Waals surface area contributed by atoms with E-state index >= 15 is 0 Å². The molecule has 2 heteroatoms. The number of hydrogen-bond acceptors (Lipinski definition) is 0. The van der Waals surface area contributed by atoms with Crippen molar-refractivity contribution >= 4 is 28.8 Å². The van der Waals surface area contributed by atoms with Gasteiger partial charge in [-0.1, -0.05) is 84.1 Å². The van der Waals surface area contributed by atoms with Crippen LogP contribution in [0.3, 0.4) is 0 Å². The predicted octanol–water partition coefficient (Wildman–Crippen LogP) is 3.80. The Balaban J connectivity index is 2.18. The molecule has 0 atom stereocenters. The normalized spacial score (nSPS) is 14.9. The molecule has 20 heavy (non-hydrogen) atoms. The van der Waals surface area contributed by atoms with Gasteiger partial charge in [0.15, 0.2) is 0 Å². The molecular formula is C18H17ClSi. The first-order valence-corrected chi connectivity index (χ1v) is 9.99. The van der Waals surface area contributed by atoms with Crippen molar-refractivity contribution in [2.75, 3.05) is 0 Å². The van der Waals surface area contributed by atoms with E-state index in [1.54, 1.807) is 0 Å². The molecule has 0 radical (unpaired) electrons. The van der Waals surface area contributed by atoms with Gasteiger partial charge in [-0.15, -0.1) is 11.1 Å². The van der Waals surface area contributed by atoms with E-state index in [4.69, 9.17) is 11.1 Å². The number of rotatable bonds is 3. The second kappa shape index (κ2) is 5.82. The fourth-order valence-corrected chi connectivity index (χ4v) is 7.18. The maximum Gasteiger partial charge on any atom is 0.244 e. The van der Waals surface area contributed by atoms with Crippen molar-refractivity contribution in [3.63, 3.8) is 0 Å². The van der Waals surface area contributed by atoms with Crippen molar-refractivity contribution in [2.45, 2.75) is 12.8 Å². The lowest BCUT2D eigenvalue weighted by Crippen LogP contribution is -2.55. The van der Waals surface area contributed by atoms with Gasteiger partial charge in [-0.3, -0.25) is 0 Å². The summed E-state index contributed by atoms with van der Waals surface area (Å²) in [4.78, 5) is 0. The van der Waals surface area contributed by atoms with Crippen molar-refractivity contribution in [1.82, 2.24) is 0 Å². The first-order chi connectivity index (χ1) is 9.82. The topological polar surface area (TPSA) is 0 Å². The summed E-state index contributed by atoms with van der Waals surface area (Å²) in [5.41, 5.74) is 0. The monoisotopic (exact) mass is 296 g/mol. The number of benzene rings is 2. The molecule has 0 fully saturated rings. The molecule has 0 bridgehead atoms. The van der Waals surface area contributed by atoms with E-state index in [0.717, 1.165) is 12.8 Å². The van der Waals surface area contributed by atoms with Crippen molar-refractivity contribution in [3.8, 4) is 0 Å². The second-order valence-electron chi connectivity index (χ2n) is 5.05. The molecule has 1 aliphatic rings. The van der Waals surface area contributed by atoms with Gasteiger partial charge in [-0.05, 0) is 23.2 Å². The Kier molecular flexibility index (Phi) is 3.90. The smallest absolute Gasteiger partial charge is 0.149 e. The molecule has 0 heterocycles. The highest BCUT2D eigenvalue weighted by molar-refractivity contribution is 7.37. The zero-order chi connectivity index (χ0) is 13.8. The van der Waals surface area contributed by atoms with Crippen molar-refractivity contribution in [1.29, 1.82) is 0 Å². The van der Waals surface area contributed by atoms with Crippen LogP contribution in [0.5, 0.6) is 0 Å². The second-order valence-corrected chi connectivity index (χ2v) is 9.86. The highest BCUT2D eigenvalue weighted by atomic mass is 35.6. The average molecular weight is 297 g/mol. The lowest BCUT2D eigenvalue weighted by Gasteiger charge is -2.29. The Labute approximate surface area is 126 Å². The van der Waals surface area contributed by atoms with E-state index in [0.29, 0.717) is 0 Å². The van der Waals surface area contributed by atoms with Crippen LogP contribution in [0.2, 0.25) is 0 Å². The molecule has 0 N–H and O–H groups in total. The third-order valence-corrected chi connectivity index (χ3v) is 9.40. The zero-order valence-corrected chi connectivity index (χ0v) is 13.1. The van der Waals surface area contributed by atoms with Gasteiger partial charge in [-0.2, -0.15) is 0 Å². The van der Waals surface area contributed by atoms with Crippen LogP contribution in [-0.4, -0.2) is 7.38 Å². The fourth-order valence-electron chi connectivity index (χ4n) is 2.76. The lowest BCUT2D eigenvalue weighted by molar-refractivity contribution is 1.01. The third-order valence-electron chi connectivity index (χ3n) is 3.80. The Morgan fingerprint density at radius 2 is 1.35 bits per heavy atom. The van der Waals surface area contributed by atoms with Gasteiger partial charge in [-0.25, -0.2) is 0 Å². The van der Waals surface area contributed by atoms with E-state index in [1.165, 1.54) is 15.6 Å². The Morgan fingerprint density at radius 3 is 1.80 bits per heavy atom. The fraction of sp³-hybridized carbons (Fsp3) is 0.111. The van der Waals surface area contributed by atoms with Gasteiger partial charge >= 0.3 is 0 Å². The van der Waals surface area contributed by atoms with Gasteiger partial charge in [0, 0.05) is 0 Å². The van der Waals surface area contributed by atoms with Crippen molar-refractivity contribution in [2.24, 2.45) is 0 Å². The third kappa shape index (κ3) is 2.39. The quantitative estimate of drug-likeness (QED) is 0.597. The molecule has 0 spiro atoms. The first-order valence-electron chi connectivity index (χ1n) is 6.98. The van der Waals surface area contributed by atoms with E-state index < -0.39 is 7.38 Å². The molecule has 0 aliphatic heterocycles. The molecule has 0 unspecified atom stereocenters. The minimum Gasteiger partial charge on any atom is -0.149 e. The summed E-state index contributed by atoms with van der Waals surface area (Å²) >= 11 is 7.31. The van der Waals surface area contributed by atoms with E-state index in [1.807, 2.05) is 0 Å². The molecule has 100 valence electrons. The molecule has 2 aromatic carbocycles. The van der Waals surface area contributed by atoms with Gasteiger partial charge in [0.05, 0.1) is 0 Å². The molecule has 2 aromatic rings. The average Bonchev–Trinajstić information content (AvgIpc) is 2.56. The van der Waals surface area contributed by atoms with E-state index in [2.05, 4.69) is 78.9 Å². The summed E-state index contributed by atoms with van der Waals surface area (Å²) in [7, 11) is -2.32. The van der Waals surface area contributed by atoms with Crippen LogP contribution in [0.4, 0.5) is 0 Å². The Hall–Kier alpha value is -1.57. The maximum absolute atomic E-state index is 7.31. The summed E-state index contributed by atoms with van der Waals surface area (Å²) in [6.07, 6.45) is 8.74. The van der Waals surface area contributed by atoms with Crippen LogP contribution >= 0.6 is 11.1 Å². The standard InChI is InChI=1S/C18H17ClSi/c19-20(16-10-4-1-5-11-16,17-12-6-2-7-13-17)18-14-8-3-9-15-18/h1-8,10-14H,9,15H2. The van der Waals surface area contributed by atoms with E-state index in [9.17, 15) is 0 Å². The summed E-state index contributed by atoms with van der Waals surface area (Å²) in [6.45, 7) is 0. The van der Waals surface area contributed by atoms with Crippen molar-refractivity contribution < 1.29 is 0 Å². The molecule has 0 nitrogen and oxygen atoms in total. The lowest BCUT2D eigenvalue weighted by atomic mass is 10.2. The molecule has 0 amide bonds. The van der Waals surface area contributed by atoms with Gasteiger partial charge in [0.25, 0.3) is 0 Å². The summed E-state index contributed by atoms with van der Waals surface area (Å²) in [5, 5.41) is 3.95. The molecule has 0 aromatic heterocycles. The molecule has 3 rings (SSSR count). The summed E-state index contributed by atoms with van der Waals surface area (Å²) in [5.74, 6) is 0. The largest absolute Gasteiger partial charge is 0.244 e. The Bertz CT molecular complexity index is 589. The molecular weight excluding hydrogens is 280 g/mol. The number of hydrogen-bond donors (Lipinski definition) is 0. The number of halogens is 1. The molecule has 0 saturated heterocycles. The zero-order valence-electron chi connectivity index (χ0n) is 11.3. The Morgan fingerprint density at radius 1 is 0.800 bits per heavy atom. The highest BCUT2D eigenvalue weighted by Crippen LogP contribution is 2.26. The van der Waals surface area contributed by atoms with Gasteiger partial charge in [0.1, 0.15) is 0 Å². The van der Waals surface area contributed by atoms with Crippen LogP contribution < -0.4 is 10.4 Å². The van der Waals surface area contributed by atoms with E-state index in [-0.39, 0.29) is 0 Å². The van der Waals surface area contributed by atoms with Crippen LogP contribution in [-0.2, 0) is 0 Å². The first kappa shape index (κ1) is 13.4. The van der Waals surface area contributed by atoms with Gasteiger partial charge in [0.2, 0.25) is 7.38 Å². The molecule has 0 saturated carbocycles. The maximum atomic E-state index is 7.31. The van der Waals surface area contributed by atoms with Crippen LogP contribution in [0.1, 0.15) is 12.8 Å². The van der Waals surface area contributed by atoms with Crippen LogP contribution in [0.15, 0.2) is 84.1 Å². The predicted molar refractivity (Wildman–Crippen MR) is 90.2 cm³/mol. The minimum atomic E-state index is -2.32. The molecule has 1 aliphatic carbocycles. The SMILES string of the molecule is Cl[Si](C1=CC=CCC1)(c1ccccc1)c1ccccc1. The summed E-state index contributed by atoms with van der Waals surface area (Å²) < 4.78 is 0. The van der Waals surface area contributed by atoms with Crippen LogP contribution in [0.25, 0.3) is 0 Å². The van der Waals surface area contributed by atoms with Crippen LogP contribution in [0, 0.1) is 0 Å².